The first-order chi connectivity index (χ1) is 12.5. The topological polar surface area (TPSA) is 40.5 Å². The molecule has 0 bridgehead atoms. The number of rotatable bonds is 2. The molecule has 2 aliphatic rings. The van der Waals surface area contributed by atoms with Gasteiger partial charge in [0.15, 0.2) is 0 Å². The largest absolute Gasteiger partial charge is 0.506 e. The van der Waals surface area contributed by atoms with Crippen LogP contribution in [-0.4, -0.2) is 16.3 Å². The van der Waals surface area contributed by atoms with Crippen LogP contribution in [-0.2, 0) is 0 Å². The van der Waals surface area contributed by atoms with Gasteiger partial charge in [-0.3, -0.25) is 0 Å². The summed E-state index contributed by atoms with van der Waals surface area (Å²) in [5.74, 6) is 0.185. The van der Waals surface area contributed by atoms with Gasteiger partial charge in [-0.05, 0) is 108 Å². The maximum absolute atomic E-state index is 10.2. The minimum Gasteiger partial charge on any atom is -0.506 e. The van der Waals surface area contributed by atoms with Gasteiger partial charge in [0.25, 0.3) is 0 Å². The van der Waals surface area contributed by atoms with Crippen LogP contribution < -0.4 is 0 Å². The Morgan fingerprint density at radius 2 is 1.54 bits per heavy atom. The smallest absolute Gasteiger partial charge is 0.143 e. The van der Waals surface area contributed by atoms with Crippen LogP contribution in [0, 0.1) is 0 Å². The van der Waals surface area contributed by atoms with E-state index in [4.69, 9.17) is 0 Å². The van der Waals surface area contributed by atoms with Gasteiger partial charge in [-0.2, -0.15) is 0 Å². The lowest BCUT2D eigenvalue weighted by Gasteiger charge is -2.19. The van der Waals surface area contributed by atoms with Gasteiger partial charge in [-0.25, -0.2) is 0 Å². The SMILES string of the molecule is CC1=CC(O)C=C2C1=CC(c1cc(Br)c(O)c(Br)c1)=C2c1ccccc1. The molecule has 0 amide bonds. The minimum atomic E-state index is -0.585. The highest BCUT2D eigenvalue weighted by atomic mass is 79.9. The lowest BCUT2D eigenvalue weighted by molar-refractivity contribution is 0.269. The predicted molar refractivity (Wildman–Crippen MR) is 113 cm³/mol. The zero-order valence-corrected chi connectivity index (χ0v) is 17.2. The first-order valence-electron chi connectivity index (χ1n) is 8.25. The van der Waals surface area contributed by atoms with Crippen molar-refractivity contribution in [3.63, 3.8) is 0 Å². The van der Waals surface area contributed by atoms with Crippen LogP contribution in [0.15, 0.2) is 86.4 Å². The average molecular weight is 472 g/mol. The number of aromatic hydroxyl groups is 1. The van der Waals surface area contributed by atoms with E-state index in [0.717, 1.165) is 39.0 Å². The number of halogens is 2. The standard InChI is InChI=1S/C22H16Br2O2/c1-12-7-15(25)10-18-16(12)11-17(21(18)13-5-3-2-4-6-13)14-8-19(23)22(26)20(24)9-14/h2-11,15,25-26H,1H3. The Bertz CT molecular complexity index is 1000. The van der Waals surface area contributed by atoms with Gasteiger partial charge in [0.1, 0.15) is 5.75 Å². The Kier molecular flexibility index (Phi) is 4.51. The van der Waals surface area contributed by atoms with Crippen molar-refractivity contribution in [2.45, 2.75) is 13.0 Å². The molecule has 4 heteroatoms. The van der Waals surface area contributed by atoms with Crippen LogP contribution in [0.4, 0.5) is 0 Å². The molecule has 0 heterocycles. The molecule has 0 aromatic heterocycles. The van der Waals surface area contributed by atoms with E-state index in [1.165, 1.54) is 0 Å². The highest BCUT2D eigenvalue weighted by Crippen LogP contribution is 2.48. The lowest BCUT2D eigenvalue weighted by Crippen LogP contribution is -2.08. The summed E-state index contributed by atoms with van der Waals surface area (Å²) < 4.78 is 1.27. The zero-order chi connectivity index (χ0) is 18.4. The van der Waals surface area contributed by atoms with Crippen molar-refractivity contribution in [1.29, 1.82) is 0 Å². The normalized spacial score (nSPS) is 19.1. The number of aliphatic hydroxyl groups is 1. The first-order valence-corrected chi connectivity index (χ1v) is 9.83. The number of benzene rings is 2. The third kappa shape index (κ3) is 2.92. The van der Waals surface area contributed by atoms with Crippen molar-refractivity contribution < 1.29 is 10.2 Å². The van der Waals surface area contributed by atoms with Gasteiger partial charge in [-0.1, -0.05) is 30.3 Å². The molecule has 2 aliphatic carbocycles. The predicted octanol–water partition coefficient (Wildman–Crippen LogP) is 6.02. The van der Waals surface area contributed by atoms with E-state index in [9.17, 15) is 10.2 Å². The molecule has 1 unspecified atom stereocenters. The molecular formula is C22H16Br2O2. The van der Waals surface area contributed by atoms with Gasteiger partial charge in [0.2, 0.25) is 0 Å². The van der Waals surface area contributed by atoms with E-state index in [1.54, 1.807) is 0 Å². The van der Waals surface area contributed by atoms with Crippen molar-refractivity contribution in [2.24, 2.45) is 0 Å². The molecule has 0 aliphatic heterocycles. The Morgan fingerprint density at radius 1 is 0.885 bits per heavy atom. The molecule has 2 N–H and O–H groups in total. The van der Waals surface area contributed by atoms with Crippen LogP contribution in [0.5, 0.6) is 5.75 Å². The molecule has 0 radical (unpaired) electrons. The highest BCUT2D eigenvalue weighted by molar-refractivity contribution is 9.11. The fourth-order valence-electron chi connectivity index (χ4n) is 3.50. The summed E-state index contributed by atoms with van der Waals surface area (Å²) in [5, 5.41) is 20.3. The van der Waals surface area contributed by atoms with Crippen molar-refractivity contribution in [1.82, 2.24) is 0 Å². The second kappa shape index (κ2) is 6.69. The van der Waals surface area contributed by atoms with Crippen molar-refractivity contribution >= 4 is 43.0 Å². The third-order valence-corrected chi connectivity index (χ3v) is 5.90. The second-order valence-corrected chi connectivity index (χ2v) is 8.13. The quantitative estimate of drug-likeness (QED) is 0.562. The van der Waals surface area contributed by atoms with Crippen molar-refractivity contribution in [3.8, 4) is 5.75 Å². The summed E-state index contributed by atoms with van der Waals surface area (Å²) in [6.07, 6.45) is 5.35. The molecule has 2 nitrogen and oxygen atoms in total. The summed E-state index contributed by atoms with van der Waals surface area (Å²) in [6.45, 7) is 2.02. The number of aliphatic hydroxyl groups excluding tert-OH is 1. The van der Waals surface area contributed by atoms with Gasteiger partial charge >= 0.3 is 0 Å². The third-order valence-electron chi connectivity index (χ3n) is 4.69. The molecule has 130 valence electrons. The number of phenolic OH excluding ortho intramolecular Hbond substituents is 1. The zero-order valence-electron chi connectivity index (χ0n) is 14.0. The van der Waals surface area contributed by atoms with Gasteiger partial charge in [0.05, 0.1) is 15.0 Å². The molecule has 2 aromatic carbocycles. The van der Waals surface area contributed by atoms with Gasteiger partial charge < -0.3 is 10.2 Å². The molecule has 4 rings (SSSR count). The summed E-state index contributed by atoms with van der Waals surface area (Å²) in [5.41, 5.74) is 7.50. The van der Waals surface area contributed by atoms with E-state index in [0.29, 0.717) is 8.95 Å². The van der Waals surface area contributed by atoms with Gasteiger partial charge in [0, 0.05) is 0 Å². The fourth-order valence-corrected chi connectivity index (χ4v) is 4.69. The Hall–Kier alpha value is -1.88. The molecule has 0 saturated carbocycles. The molecular weight excluding hydrogens is 456 g/mol. The maximum atomic E-state index is 10.2. The van der Waals surface area contributed by atoms with Crippen LogP contribution in [0.25, 0.3) is 11.1 Å². The van der Waals surface area contributed by atoms with Crippen molar-refractivity contribution in [2.75, 3.05) is 0 Å². The monoisotopic (exact) mass is 470 g/mol. The summed E-state index contributed by atoms with van der Waals surface area (Å²) in [6, 6.07) is 14.0. The van der Waals surface area contributed by atoms with E-state index in [2.05, 4.69) is 50.1 Å². The molecule has 0 fully saturated rings. The number of hydrogen-bond donors (Lipinski definition) is 2. The molecule has 1 atom stereocenters. The number of hydrogen-bond acceptors (Lipinski definition) is 2. The lowest BCUT2D eigenvalue weighted by atomic mass is 9.87. The number of phenols is 1. The van der Waals surface area contributed by atoms with Crippen LogP contribution in [0.2, 0.25) is 0 Å². The summed E-state index contributed by atoms with van der Waals surface area (Å²) in [7, 11) is 0. The van der Waals surface area contributed by atoms with Crippen LogP contribution in [0.1, 0.15) is 18.1 Å². The molecule has 0 saturated heterocycles. The van der Waals surface area contributed by atoms with E-state index >= 15 is 0 Å². The Labute approximate surface area is 169 Å². The van der Waals surface area contributed by atoms with Gasteiger partial charge in [-0.15, -0.1) is 0 Å². The first kappa shape index (κ1) is 17.5. The van der Waals surface area contributed by atoms with Crippen LogP contribution in [0.3, 0.4) is 0 Å². The molecule has 26 heavy (non-hydrogen) atoms. The molecule has 0 spiro atoms. The van der Waals surface area contributed by atoms with E-state index < -0.39 is 6.10 Å². The Balaban J connectivity index is 2.00. The maximum Gasteiger partial charge on any atom is 0.143 e. The molecule has 2 aromatic rings. The summed E-state index contributed by atoms with van der Waals surface area (Å²) in [4.78, 5) is 0. The second-order valence-electron chi connectivity index (χ2n) is 6.42. The Morgan fingerprint density at radius 3 is 2.19 bits per heavy atom. The minimum absolute atomic E-state index is 0.185. The van der Waals surface area contributed by atoms with E-state index in [1.807, 2.05) is 49.4 Å². The highest BCUT2D eigenvalue weighted by Gasteiger charge is 2.28. The summed E-state index contributed by atoms with van der Waals surface area (Å²) >= 11 is 6.86. The van der Waals surface area contributed by atoms with E-state index in [-0.39, 0.29) is 5.75 Å². The number of fused-ring (bicyclic) bond motifs is 1. The van der Waals surface area contributed by atoms with Crippen molar-refractivity contribution in [3.05, 3.63) is 97.5 Å². The van der Waals surface area contributed by atoms with Crippen LogP contribution >= 0.6 is 31.9 Å². The number of allylic oxidation sites excluding steroid dienone is 6. The fraction of sp³-hybridized carbons (Fsp3) is 0.0909. The average Bonchev–Trinajstić information content (AvgIpc) is 2.99.